The lowest BCUT2D eigenvalue weighted by molar-refractivity contribution is 0.112. The molecule has 0 fully saturated rings. The minimum atomic E-state index is 0.512. The van der Waals surface area contributed by atoms with Gasteiger partial charge in [-0.15, -0.1) is 0 Å². The van der Waals surface area contributed by atoms with E-state index in [9.17, 15) is 4.79 Å². The van der Waals surface area contributed by atoms with Gasteiger partial charge in [0.1, 0.15) is 43.4 Å². The highest BCUT2D eigenvalue weighted by Crippen LogP contribution is 2.17. The van der Waals surface area contributed by atoms with Crippen LogP contribution in [0, 0.1) is 0 Å². The van der Waals surface area contributed by atoms with Gasteiger partial charge in [0.15, 0.2) is 0 Å². The van der Waals surface area contributed by atoms with E-state index in [-0.39, 0.29) is 0 Å². The Morgan fingerprint density at radius 1 is 0.385 bits per heavy atom. The van der Waals surface area contributed by atoms with Crippen LogP contribution in [0.3, 0.4) is 0 Å². The molecule has 8 nitrogen and oxygen atoms in total. The Morgan fingerprint density at radius 3 is 0.954 bits per heavy atom. The van der Waals surface area contributed by atoms with Crippen LogP contribution in [0.25, 0.3) is 18.2 Å². The molecule has 0 unspecified atom stereocenters. The summed E-state index contributed by atoms with van der Waals surface area (Å²) in [5, 5.41) is 0. The molecule has 0 atom stereocenters. The van der Waals surface area contributed by atoms with Gasteiger partial charge in [-0.25, -0.2) is 0 Å². The van der Waals surface area contributed by atoms with Crippen LogP contribution in [0.1, 0.15) is 87.0 Å². The number of hydrogen-bond acceptors (Lipinski definition) is 8. The van der Waals surface area contributed by atoms with Gasteiger partial charge in [0.05, 0.1) is 0 Å². The van der Waals surface area contributed by atoms with Crippen molar-refractivity contribution < 1.29 is 19.0 Å². The van der Waals surface area contributed by atoms with Gasteiger partial charge < -0.3 is 25.7 Å². The van der Waals surface area contributed by atoms with Crippen molar-refractivity contribution in [3.63, 3.8) is 0 Å². The average Bonchev–Trinajstić information content (AvgIpc) is 3.37. The van der Waals surface area contributed by atoms with Crippen molar-refractivity contribution in [2.75, 3.05) is 26.2 Å². The van der Waals surface area contributed by atoms with E-state index in [1.54, 1.807) is 24.3 Å². The van der Waals surface area contributed by atoms with Gasteiger partial charge in [0.25, 0.3) is 0 Å². The van der Waals surface area contributed by atoms with Crippen LogP contribution >= 0.6 is 0 Å². The van der Waals surface area contributed by atoms with Gasteiger partial charge in [-0.3, -0.25) is 14.8 Å². The maximum absolute atomic E-state index is 10.5. The second-order valence-electron chi connectivity index (χ2n) is 14.9. The Balaban J connectivity index is 0.000000291. The topological polar surface area (TPSA) is 122 Å². The van der Waals surface area contributed by atoms with Crippen LogP contribution in [0.4, 0.5) is 0 Å². The largest absolute Gasteiger partial charge is 0.489 e. The third-order valence-corrected chi connectivity index (χ3v) is 9.85. The minimum absolute atomic E-state index is 0.512. The van der Waals surface area contributed by atoms with E-state index in [1.807, 2.05) is 128 Å². The molecular formula is C57H64N4O4. The lowest BCUT2D eigenvalue weighted by atomic mass is 10.1. The van der Waals surface area contributed by atoms with Gasteiger partial charge in [0.2, 0.25) is 0 Å². The Labute approximate surface area is 386 Å². The fraction of sp³-hybridized carbons (Fsp3) is 0.211. The quantitative estimate of drug-likeness (QED) is 0.0355. The lowest BCUT2D eigenvalue weighted by Crippen LogP contribution is -2.00. The van der Waals surface area contributed by atoms with Crippen molar-refractivity contribution in [1.82, 2.24) is 0 Å². The molecule has 336 valence electrons. The Hall–Kier alpha value is -7.13. The normalized spacial score (nSPS) is 10.6. The molecule has 0 aliphatic heterocycles. The number of aldehydes is 1. The summed E-state index contributed by atoms with van der Waals surface area (Å²) >= 11 is 0. The molecule has 0 aliphatic rings. The number of aliphatic imine (C=N–C) groups is 2. The summed E-state index contributed by atoms with van der Waals surface area (Å²) in [7, 11) is 0. The van der Waals surface area contributed by atoms with Crippen LogP contribution < -0.4 is 25.7 Å². The van der Waals surface area contributed by atoms with Crippen LogP contribution in [-0.4, -0.2) is 44.9 Å². The summed E-state index contributed by atoms with van der Waals surface area (Å²) in [6.07, 6.45) is 15.8. The predicted octanol–water partition coefficient (Wildman–Crippen LogP) is 12.2. The maximum Gasteiger partial charge on any atom is 0.150 e. The highest BCUT2D eigenvalue weighted by Gasteiger charge is 2.00. The predicted molar refractivity (Wildman–Crippen MR) is 273 cm³/mol. The molecule has 0 heterocycles. The smallest absolute Gasteiger partial charge is 0.150 e. The second-order valence-corrected chi connectivity index (χ2v) is 14.9. The zero-order chi connectivity index (χ0) is 46.2. The number of nitrogens with two attached hydrogens (primary N) is 2. The van der Waals surface area contributed by atoms with Crippen molar-refractivity contribution in [3.8, 4) is 17.2 Å². The van der Waals surface area contributed by atoms with Crippen molar-refractivity contribution in [2.45, 2.75) is 51.9 Å². The monoisotopic (exact) mass is 868 g/mol. The van der Waals surface area contributed by atoms with E-state index in [4.69, 9.17) is 25.7 Å². The molecule has 0 spiro atoms. The summed E-state index contributed by atoms with van der Waals surface area (Å²) < 4.78 is 17.4. The van der Waals surface area contributed by atoms with Crippen molar-refractivity contribution in [1.29, 1.82) is 0 Å². The first kappa shape index (κ1) is 50.5. The second kappa shape index (κ2) is 30.8. The molecule has 8 heteroatoms. The van der Waals surface area contributed by atoms with Gasteiger partial charge in [0, 0.05) is 31.1 Å². The molecule has 0 radical (unpaired) electrons. The average molecular weight is 869 g/mol. The minimum Gasteiger partial charge on any atom is -0.489 e. The van der Waals surface area contributed by atoms with Crippen molar-refractivity contribution in [2.24, 2.45) is 21.5 Å². The number of ether oxygens (including phenoxy) is 3. The summed E-state index contributed by atoms with van der Waals surface area (Å²) in [6.45, 7) is 16.0. The molecule has 0 saturated heterocycles. The molecule has 0 bridgehead atoms. The first-order chi connectivity index (χ1) is 31.9. The number of benzene rings is 6. The Kier molecular flexibility index (Phi) is 24.0. The molecule has 4 N–H and O–H groups in total. The summed E-state index contributed by atoms with van der Waals surface area (Å²) in [6, 6.07) is 47.4. The summed E-state index contributed by atoms with van der Waals surface area (Å²) in [4.78, 5) is 19.6. The molecule has 6 aromatic carbocycles. The van der Waals surface area contributed by atoms with Crippen molar-refractivity contribution >= 4 is 36.9 Å². The van der Waals surface area contributed by atoms with E-state index in [1.165, 1.54) is 12.8 Å². The molecule has 65 heavy (non-hydrogen) atoms. The molecule has 0 aliphatic carbocycles. The fourth-order valence-corrected chi connectivity index (χ4v) is 5.93. The fourth-order valence-electron chi connectivity index (χ4n) is 5.93. The number of carbonyl (C=O) groups is 1. The van der Waals surface area contributed by atoms with Gasteiger partial charge >= 0.3 is 0 Å². The van der Waals surface area contributed by atoms with Crippen LogP contribution in [-0.2, 0) is 19.8 Å². The van der Waals surface area contributed by atoms with E-state index in [0.717, 1.165) is 113 Å². The van der Waals surface area contributed by atoms with Gasteiger partial charge in [-0.1, -0.05) is 124 Å². The van der Waals surface area contributed by atoms with Gasteiger partial charge in [-0.05, 0) is 150 Å². The number of hydrogen-bond donors (Lipinski definition) is 2. The molecular weight excluding hydrogens is 805 g/mol. The zero-order valence-corrected chi connectivity index (χ0v) is 37.6. The summed E-state index contributed by atoms with van der Waals surface area (Å²) in [5.41, 5.74) is 20.0. The lowest BCUT2D eigenvalue weighted by Gasteiger charge is -2.07. The number of unbranched alkanes of at least 4 members (excludes halogenated alkanes) is 3. The van der Waals surface area contributed by atoms with E-state index in [2.05, 4.69) is 54.0 Å². The van der Waals surface area contributed by atoms with Crippen LogP contribution in [0.2, 0.25) is 0 Å². The number of nitrogens with zero attached hydrogens (tertiary/aromatic N) is 2. The first-order valence-corrected chi connectivity index (χ1v) is 22.1. The molecule has 6 rings (SSSR count). The molecule has 6 aromatic rings. The SMILES string of the molecule is C=Cc1ccc(COc2ccc(C=NCCCN=Cc3ccc(OCc4ccc(C=C)cc4)cc3)cc2)cc1.C=Cc1ccc(COc2ccc(C=O)cc2)cc1.NCCCCCCN. The third kappa shape index (κ3) is 20.7. The van der Waals surface area contributed by atoms with E-state index >= 15 is 0 Å². The van der Waals surface area contributed by atoms with Crippen LogP contribution in [0.5, 0.6) is 17.2 Å². The maximum atomic E-state index is 10.5. The van der Waals surface area contributed by atoms with Crippen LogP contribution in [0.15, 0.2) is 175 Å². The van der Waals surface area contributed by atoms with E-state index in [0.29, 0.717) is 25.4 Å². The highest BCUT2D eigenvalue weighted by molar-refractivity contribution is 5.80. The zero-order valence-electron chi connectivity index (χ0n) is 37.6. The van der Waals surface area contributed by atoms with Gasteiger partial charge in [-0.2, -0.15) is 0 Å². The Morgan fingerprint density at radius 2 is 0.677 bits per heavy atom. The summed E-state index contributed by atoms with van der Waals surface area (Å²) in [5.74, 6) is 2.44. The number of rotatable bonds is 24. The molecule has 0 aromatic heterocycles. The molecule has 0 amide bonds. The van der Waals surface area contributed by atoms with Crippen molar-refractivity contribution in [3.05, 3.63) is 215 Å². The number of carbonyl (C=O) groups excluding carboxylic acids is 1. The molecule has 0 saturated carbocycles. The first-order valence-electron chi connectivity index (χ1n) is 22.1. The van der Waals surface area contributed by atoms with E-state index < -0.39 is 0 Å². The Bertz CT molecular complexity index is 2140. The third-order valence-electron chi connectivity index (χ3n) is 9.85. The highest BCUT2D eigenvalue weighted by atomic mass is 16.5. The standard InChI is InChI=1S/C35H34N2O2.C16H14O2.C6H16N2/c1-3-28-6-10-32(11-7-28)26-38-34-18-14-30(15-19-34)24-36-22-5-23-37-25-31-16-20-35(21-17-31)39-27-33-12-8-29(4-2)9-13-33;1-2-13-3-5-15(6-4-13)12-18-16-9-7-14(11-17)8-10-16;7-5-3-1-2-4-6-8/h3-4,6-21,24-25H,1-2,5,22-23,26-27H2;2-11H,1,12H2;1-8H2.